The smallest absolute Gasteiger partial charge is 0.104 e. The van der Waals surface area contributed by atoms with Crippen LogP contribution in [0.3, 0.4) is 0 Å². The Kier molecular flexibility index (Phi) is 1.25. The van der Waals surface area contributed by atoms with Crippen molar-refractivity contribution in [1.29, 1.82) is 0 Å². The van der Waals surface area contributed by atoms with E-state index in [0.717, 1.165) is 0 Å². The van der Waals surface area contributed by atoms with Crippen molar-refractivity contribution in [3.05, 3.63) is 18.0 Å². The van der Waals surface area contributed by atoms with Gasteiger partial charge in [-0.1, -0.05) is 22.6 Å². The number of fused-ring (bicyclic) bond motifs is 1. The fraction of sp³-hybridized carbons (Fsp3) is 0.500. The normalized spacial score (nSPS) is 24.3. The molecule has 0 radical (unpaired) electrons. The summed E-state index contributed by atoms with van der Waals surface area (Å²) in [6.45, 7) is 0. The molecular formula is C6H7IN2. The molecule has 0 saturated carbocycles. The number of alkyl halides is 1. The standard InChI is InChI=1S/C6H7IN2/c7-6-2-1-5-3-4-8-9(5)6/h3-4,6H,1-2H2. The van der Waals surface area contributed by atoms with Crippen LogP contribution in [0.2, 0.25) is 0 Å². The summed E-state index contributed by atoms with van der Waals surface area (Å²) in [5.41, 5.74) is 1.38. The van der Waals surface area contributed by atoms with Crippen LogP contribution in [-0.2, 0) is 6.42 Å². The second-order valence-corrected chi connectivity index (χ2v) is 3.68. The highest BCUT2D eigenvalue weighted by atomic mass is 127. The second kappa shape index (κ2) is 1.97. The van der Waals surface area contributed by atoms with E-state index in [2.05, 4.69) is 38.4 Å². The van der Waals surface area contributed by atoms with Gasteiger partial charge in [-0.05, 0) is 18.9 Å². The monoisotopic (exact) mass is 234 g/mol. The molecule has 0 aromatic carbocycles. The van der Waals surface area contributed by atoms with Gasteiger partial charge in [0.05, 0.1) is 0 Å². The number of aryl methyl sites for hydroxylation is 1. The highest BCUT2D eigenvalue weighted by molar-refractivity contribution is 14.1. The van der Waals surface area contributed by atoms with E-state index in [0.29, 0.717) is 4.05 Å². The van der Waals surface area contributed by atoms with Crippen LogP contribution in [0.1, 0.15) is 16.2 Å². The SMILES string of the molecule is IC1CCc2ccnn21. The fourth-order valence-corrected chi connectivity index (χ4v) is 1.99. The quantitative estimate of drug-likeness (QED) is 0.494. The Morgan fingerprint density at radius 3 is 3.44 bits per heavy atom. The lowest BCUT2D eigenvalue weighted by Crippen LogP contribution is -1.96. The zero-order valence-corrected chi connectivity index (χ0v) is 7.08. The van der Waals surface area contributed by atoms with E-state index in [1.54, 1.807) is 0 Å². The first kappa shape index (κ1) is 5.70. The molecule has 0 aliphatic carbocycles. The zero-order chi connectivity index (χ0) is 6.27. The highest BCUT2D eigenvalue weighted by Gasteiger charge is 2.18. The molecule has 1 aliphatic rings. The van der Waals surface area contributed by atoms with Crippen LogP contribution in [0.5, 0.6) is 0 Å². The van der Waals surface area contributed by atoms with Crippen molar-refractivity contribution in [2.24, 2.45) is 0 Å². The van der Waals surface area contributed by atoms with Gasteiger partial charge in [0.25, 0.3) is 0 Å². The van der Waals surface area contributed by atoms with Crippen LogP contribution in [0.15, 0.2) is 12.3 Å². The summed E-state index contributed by atoms with van der Waals surface area (Å²) in [5, 5.41) is 4.19. The van der Waals surface area contributed by atoms with Gasteiger partial charge in [-0.3, -0.25) is 4.68 Å². The van der Waals surface area contributed by atoms with Crippen molar-refractivity contribution < 1.29 is 0 Å². The molecule has 2 rings (SSSR count). The summed E-state index contributed by atoms with van der Waals surface area (Å²) in [4.78, 5) is 0. The first-order valence-corrected chi connectivity index (χ1v) is 4.29. The highest BCUT2D eigenvalue weighted by Crippen LogP contribution is 2.29. The van der Waals surface area contributed by atoms with Crippen LogP contribution in [0.25, 0.3) is 0 Å². The third-order valence-corrected chi connectivity index (χ3v) is 2.81. The molecule has 48 valence electrons. The summed E-state index contributed by atoms with van der Waals surface area (Å²) >= 11 is 2.42. The van der Waals surface area contributed by atoms with Crippen LogP contribution in [-0.4, -0.2) is 9.78 Å². The number of hydrogen-bond acceptors (Lipinski definition) is 1. The molecular weight excluding hydrogens is 227 g/mol. The maximum absolute atomic E-state index is 4.19. The van der Waals surface area contributed by atoms with Crippen molar-refractivity contribution in [2.75, 3.05) is 0 Å². The van der Waals surface area contributed by atoms with Gasteiger partial charge in [0.2, 0.25) is 0 Å². The van der Waals surface area contributed by atoms with Gasteiger partial charge in [-0.25, -0.2) is 0 Å². The minimum atomic E-state index is 0.604. The molecule has 0 saturated heterocycles. The second-order valence-electron chi connectivity index (χ2n) is 2.24. The predicted octanol–water partition coefficient (Wildman–Crippen LogP) is 1.76. The largest absolute Gasteiger partial charge is 0.257 e. The summed E-state index contributed by atoms with van der Waals surface area (Å²) in [6, 6.07) is 2.10. The van der Waals surface area contributed by atoms with Crippen molar-refractivity contribution >= 4 is 22.6 Å². The Morgan fingerprint density at radius 1 is 1.78 bits per heavy atom. The number of halogens is 1. The van der Waals surface area contributed by atoms with Crippen molar-refractivity contribution in [3.63, 3.8) is 0 Å². The van der Waals surface area contributed by atoms with E-state index < -0.39 is 0 Å². The molecule has 1 unspecified atom stereocenters. The van der Waals surface area contributed by atoms with Crippen molar-refractivity contribution in [3.8, 4) is 0 Å². The molecule has 0 bridgehead atoms. The average Bonchev–Trinajstić information content (AvgIpc) is 2.35. The molecule has 1 atom stereocenters. The Hall–Kier alpha value is -0.0600. The number of aromatic nitrogens is 2. The van der Waals surface area contributed by atoms with Gasteiger partial charge >= 0.3 is 0 Å². The van der Waals surface area contributed by atoms with Gasteiger partial charge < -0.3 is 0 Å². The van der Waals surface area contributed by atoms with Gasteiger partial charge in [0.1, 0.15) is 4.05 Å². The van der Waals surface area contributed by atoms with Crippen molar-refractivity contribution in [1.82, 2.24) is 9.78 Å². The zero-order valence-electron chi connectivity index (χ0n) is 4.92. The van der Waals surface area contributed by atoms with E-state index in [1.165, 1.54) is 18.5 Å². The summed E-state index contributed by atoms with van der Waals surface area (Å²) in [5.74, 6) is 0. The molecule has 2 heterocycles. The Morgan fingerprint density at radius 2 is 2.67 bits per heavy atom. The van der Waals surface area contributed by atoms with Crippen LogP contribution < -0.4 is 0 Å². The first-order chi connectivity index (χ1) is 4.38. The Balaban J connectivity index is 2.49. The molecule has 0 N–H and O–H groups in total. The molecule has 1 aromatic rings. The Labute approximate surface area is 67.4 Å². The molecule has 0 fully saturated rings. The van der Waals surface area contributed by atoms with Crippen LogP contribution in [0, 0.1) is 0 Å². The van der Waals surface area contributed by atoms with Crippen LogP contribution in [0.4, 0.5) is 0 Å². The summed E-state index contributed by atoms with van der Waals surface area (Å²) < 4.78 is 2.70. The first-order valence-electron chi connectivity index (χ1n) is 3.04. The topological polar surface area (TPSA) is 17.8 Å². The fourth-order valence-electron chi connectivity index (χ4n) is 1.18. The maximum atomic E-state index is 4.19. The molecule has 1 aromatic heterocycles. The third-order valence-electron chi connectivity index (χ3n) is 1.66. The average molecular weight is 234 g/mol. The molecule has 0 spiro atoms. The van der Waals surface area contributed by atoms with E-state index in [-0.39, 0.29) is 0 Å². The number of nitrogens with zero attached hydrogens (tertiary/aromatic N) is 2. The summed E-state index contributed by atoms with van der Waals surface area (Å²) in [7, 11) is 0. The molecule has 2 nitrogen and oxygen atoms in total. The van der Waals surface area contributed by atoms with E-state index >= 15 is 0 Å². The predicted molar refractivity (Wildman–Crippen MR) is 43.6 cm³/mol. The Bertz CT molecular complexity index is 219. The lowest BCUT2D eigenvalue weighted by molar-refractivity contribution is 0.662. The maximum Gasteiger partial charge on any atom is 0.104 e. The molecule has 1 aliphatic heterocycles. The lowest BCUT2D eigenvalue weighted by Gasteiger charge is -1.99. The lowest BCUT2D eigenvalue weighted by atomic mass is 10.3. The van der Waals surface area contributed by atoms with Gasteiger partial charge in [0.15, 0.2) is 0 Å². The molecule has 0 amide bonds. The van der Waals surface area contributed by atoms with Crippen molar-refractivity contribution in [2.45, 2.75) is 16.9 Å². The number of hydrogen-bond donors (Lipinski definition) is 0. The van der Waals surface area contributed by atoms with E-state index in [1.807, 2.05) is 6.20 Å². The minimum Gasteiger partial charge on any atom is -0.257 e. The third kappa shape index (κ3) is 0.781. The van der Waals surface area contributed by atoms with Crippen LogP contribution >= 0.6 is 22.6 Å². The van der Waals surface area contributed by atoms with E-state index in [9.17, 15) is 0 Å². The summed E-state index contributed by atoms with van der Waals surface area (Å²) in [6.07, 6.45) is 4.33. The molecule has 3 heteroatoms. The van der Waals surface area contributed by atoms with Gasteiger partial charge in [-0.2, -0.15) is 5.10 Å². The van der Waals surface area contributed by atoms with Gasteiger partial charge in [-0.15, -0.1) is 0 Å². The minimum absolute atomic E-state index is 0.604. The van der Waals surface area contributed by atoms with E-state index in [4.69, 9.17) is 0 Å². The molecule has 9 heavy (non-hydrogen) atoms. The van der Waals surface area contributed by atoms with Gasteiger partial charge in [0, 0.05) is 11.9 Å². The number of rotatable bonds is 0.